The topological polar surface area (TPSA) is 46.2 Å². The van der Waals surface area contributed by atoms with E-state index in [-0.39, 0.29) is 6.10 Å². The van der Waals surface area contributed by atoms with Gasteiger partial charge in [-0.3, -0.25) is 0 Å². The van der Waals surface area contributed by atoms with Crippen molar-refractivity contribution >= 4 is 0 Å². The summed E-state index contributed by atoms with van der Waals surface area (Å²) in [7, 11) is 0. The zero-order valence-electron chi connectivity index (χ0n) is 11.6. The second kappa shape index (κ2) is 10.7. The molecule has 0 aromatic heterocycles. The maximum atomic E-state index is 5.68. The minimum absolute atomic E-state index is 0.0215. The molecule has 1 saturated heterocycles. The Labute approximate surface area is 110 Å². The van der Waals surface area contributed by atoms with Gasteiger partial charge < -0.3 is 23.7 Å². The Kier molecular flexibility index (Phi) is 9.42. The molecule has 1 rings (SSSR count). The van der Waals surface area contributed by atoms with Crippen LogP contribution in [-0.2, 0) is 23.7 Å². The van der Waals surface area contributed by atoms with E-state index in [2.05, 4.69) is 13.8 Å². The molecule has 1 atom stereocenters. The first kappa shape index (κ1) is 15.9. The standard InChI is InChI=1S/C13H26O5/c1-12(2)9-17-11-13-10-16-6-5-14-3-4-15-7-8-18-13/h12-13H,3-11H2,1-2H3. The summed E-state index contributed by atoms with van der Waals surface area (Å²) in [6, 6.07) is 0. The molecule has 0 aliphatic carbocycles. The molecular formula is C13H26O5. The molecule has 0 radical (unpaired) electrons. The molecule has 0 amide bonds. The first-order valence-electron chi connectivity index (χ1n) is 6.71. The minimum atomic E-state index is -0.0215. The van der Waals surface area contributed by atoms with Gasteiger partial charge >= 0.3 is 0 Å². The Morgan fingerprint density at radius 3 is 2.22 bits per heavy atom. The normalized spacial score (nSPS) is 24.5. The third-order valence-corrected chi connectivity index (χ3v) is 2.38. The molecule has 1 fully saturated rings. The van der Waals surface area contributed by atoms with E-state index in [0.717, 1.165) is 6.61 Å². The fourth-order valence-electron chi connectivity index (χ4n) is 1.51. The van der Waals surface area contributed by atoms with Crippen LogP contribution in [0.5, 0.6) is 0 Å². The Balaban J connectivity index is 2.18. The van der Waals surface area contributed by atoms with Crippen LogP contribution in [0.4, 0.5) is 0 Å². The lowest BCUT2D eigenvalue weighted by atomic mass is 10.2. The summed E-state index contributed by atoms with van der Waals surface area (Å²) in [4.78, 5) is 0. The van der Waals surface area contributed by atoms with E-state index in [0.29, 0.717) is 58.8 Å². The Morgan fingerprint density at radius 1 is 0.944 bits per heavy atom. The molecule has 1 aliphatic rings. The van der Waals surface area contributed by atoms with E-state index in [4.69, 9.17) is 23.7 Å². The lowest BCUT2D eigenvalue weighted by molar-refractivity contribution is -0.0920. The molecule has 0 saturated carbocycles. The van der Waals surface area contributed by atoms with Gasteiger partial charge in [-0.25, -0.2) is 0 Å². The van der Waals surface area contributed by atoms with E-state index < -0.39 is 0 Å². The molecule has 1 heterocycles. The van der Waals surface area contributed by atoms with Crippen LogP contribution in [0.1, 0.15) is 13.8 Å². The molecular weight excluding hydrogens is 236 g/mol. The smallest absolute Gasteiger partial charge is 0.104 e. The van der Waals surface area contributed by atoms with Gasteiger partial charge in [-0.2, -0.15) is 0 Å². The molecule has 0 bridgehead atoms. The van der Waals surface area contributed by atoms with Gasteiger partial charge in [0.1, 0.15) is 6.10 Å². The van der Waals surface area contributed by atoms with Gasteiger partial charge in [-0.15, -0.1) is 0 Å². The molecule has 18 heavy (non-hydrogen) atoms. The molecule has 5 nitrogen and oxygen atoms in total. The average Bonchev–Trinajstić information content (AvgIpc) is 2.31. The first-order valence-corrected chi connectivity index (χ1v) is 6.71. The fourth-order valence-corrected chi connectivity index (χ4v) is 1.51. The van der Waals surface area contributed by atoms with Crippen molar-refractivity contribution in [2.75, 3.05) is 59.5 Å². The van der Waals surface area contributed by atoms with Crippen LogP contribution < -0.4 is 0 Å². The Hall–Kier alpha value is -0.200. The van der Waals surface area contributed by atoms with Crippen LogP contribution >= 0.6 is 0 Å². The van der Waals surface area contributed by atoms with E-state index >= 15 is 0 Å². The summed E-state index contributed by atoms with van der Waals surface area (Å²) in [5.41, 5.74) is 0. The van der Waals surface area contributed by atoms with E-state index in [1.807, 2.05) is 0 Å². The van der Waals surface area contributed by atoms with Crippen molar-refractivity contribution < 1.29 is 23.7 Å². The second-order valence-electron chi connectivity index (χ2n) is 4.72. The van der Waals surface area contributed by atoms with Gasteiger partial charge in [-0.1, -0.05) is 13.8 Å². The SMILES string of the molecule is CC(C)COCC1COCCOCCOCCO1. The number of hydrogen-bond acceptors (Lipinski definition) is 5. The van der Waals surface area contributed by atoms with E-state index in [1.54, 1.807) is 0 Å². The summed E-state index contributed by atoms with van der Waals surface area (Å²) in [5, 5.41) is 0. The maximum absolute atomic E-state index is 5.68. The second-order valence-corrected chi connectivity index (χ2v) is 4.72. The van der Waals surface area contributed by atoms with Crippen molar-refractivity contribution in [1.29, 1.82) is 0 Å². The van der Waals surface area contributed by atoms with Crippen LogP contribution in [0.3, 0.4) is 0 Å². The molecule has 5 heteroatoms. The predicted octanol–water partition coefficient (Wildman–Crippen LogP) is 1.11. The predicted molar refractivity (Wildman–Crippen MR) is 67.9 cm³/mol. The van der Waals surface area contributed by atoms with Crippen molar-refractivity contribution in [2.45, 2.75) is 20.0 Å². The molecule has 0 N–H and O–H groups in total. The maximum Gasteiger partial charge on any atom is 0.104 e. The zero-order chi connectivity index (χ0) is 13.1. The van der Waals surface area contributed by atoms with Gasteiger partial charge in [-0.05, 0) is 5.92 Å². The average molecular weight is 262 g/mol. The molecule has 1 unspecified atom stereocenters. The quantitative estimate of drug-likeness (QED) is 0.759. The summed E-state index contributed by atoms with van der Waals surface area (Å²) in [5.74, 6) is 0.536. The van der Waals surface area contributed by atoms with Crippen molar-refractivity contribution in [1.82, 2.24) is 0 Å². The van der Waals surface area contributed by atoms with E-state index in [9.17, 15) is 0 Å². The lowest BCUT2D eigenvalue weighted by Gasteiger charge is -2.20. The highest BCUT2D eigenvalue weighted by molar-refractivity contribution is 4.57. The van der Waals surface area contributed by atoms with Crippen LogP contribution in [0.25, 0.3) is 0 Å². The highest BCUT2D eigenvalue weighted by Gasteiger charge is 2.11. The molecule has 108 valence electrons. The lowest BCUT2D eigenvalue weighted by Crippen LogP contribution is -2.29. The molecule has 0 aromatic carbocycles. The number of hydrogen-bond donors (Lipinski definition) is 0. The molecule has 0 aromatic rings. The fraction of sp³-hybridized carbons (Fsp3) is 1.00. The first-order chi connectivity index (χ1) is 8.79. The van der Waals surface area contributed by atoms with E-state index in [1.165, 1.54) is 0 Å². The largest absolute Gasteiger partial charge is 0.378 e. The van der Waals surface area contributed by atoms with Gasteiger partial charge in [0.2, 0.25) is 0 Å². The summed E-state index contributed by atoms with van der Waals surface area (Å²) < 4.78 is 27.5. The number of ether oxygens (including phenoxy) is 5. The van der Waals surface area contributed by atoms with Crippen molar-refractivity contribution in [3.05, 3.63) is 0 Å². The summed E-state index contributed by atoms with van der Waals surface area (Å²) >= 11 is 0. The van der Waals surface area contributed by atoms with Crippen molar-refractivity contribution in [3.63, 3.8) is 0 Å². The number of rotatable bonds is 4. The molecule has 1 aliphatic heterocycles. The van der Waals surface area contributed by atoms with Crippen molar-refractivity contribution in [3.8, 4) is 0 Å². The summed E-state index contributed by atoms with van der Waals surface area (Å²) in [6.45, 7) is 9.69. The Morgan fingerprint density at radius 2 is 1.56 bits per heavy atom. The van der Waals surface area contributed by atoms with Crippen LogP contribution in [0.2, 0.25) is 0 Å². The van der Waals surface area contributed by atoms with Gasteiger partial charge in [0.25, 0.3) is 0 Å². The van der Waals surface area contributed by atoms with Gasteiger partial charge in [0.15, 0.2) is 0 Å². The van der Waals surface area contributed by atoms with Crippen LogP contribution in [0.15, 0.2) is 0 Å². The Bertz CT molecular complexity index is 174. The third kappa shape index (κ3) is 8.83. The third-order valence-electron chi connectivity index (χ3n) is 2.38. The van der Waals surface area contributed by atoms with Crippen LogP contribution in [-0.4, -0.2) is 65.6 Å². The van der Waals surface area contributed by atoms with Crippen LogP contribution in [0, 0.1) is 5.92 Å². The highest BCUT2D eigenvalue weighted by atomic mass is 16.6. The van der Waals surface area contributed by atoms with Crippen molar-refractivity contribution in [2.24, 2.45) is 5.92 Å². The highest BCUT2D eigenvalue weighted by Crippen LogP contribution is 2.00. The minimum Gasteiger partial charge on any atom is -0.378 e. The van der Waals surface area contributed by atoms with Gasteiger partial charge in [0, 0.05) is 6.61 Å². The monoisotopic (exact) mass is 262 g/mol. The molecule has 0 spiro atoms. The zero-order valence-corrected chi connectivity index (χ0v) is 11.6. The van der Waals surface area contributed by atoms with Gasteiger partial charge in [0.05, 0.1) is 52.9 Å². The summed E-state index contributed by atoms with van der Waals surface area (Å²) in [6.07, 6.45) is -0.0215.